The summed E-state index contributed by atoms with van der Waals surface area (Å²) in [6.45, 7) is 0.495. The zero-order chi connectivity index (χ0) is 17.6. The number of para-hydroxylation sites is 1. The number of nitrogens with one attached hydrogen (secondary N) is 1. The number of benzene rings is 2. The van der Waals surface area contributed by atoms with E-state index in [4.69, 9.17) is 9.47 Å². The molecule has 2 aromatic rings. The minimum Gasteiger partial charge on any atom is -0.494 e. The zero-order valence-corrected chi connectivity index (χ0v) is 14.0. The highest BCUT2D eigenvalue weighted by molar-refractivity contribution is 5.98. The zero-order valence-electron chi connectivity index (χ0n) is 14.0. The van der Waals surface area contributed by atoms with Crippen molar-refractivity contribution in [1.29, 1.82) is 0 Å². The van der Waals surface area contributed by atoms with Gasteiger partial charge in [-0.05, 0) is 30.7 Å². The van der Waals surface area contributed by atoms with E-state index in [1.54, 1.807) is 30.1 Å². The third-order valence-electron chi connectivity index (χ3n) is 3.89. The van der Waals surface area contributed by atoms with Crippen LogP contribution in [0.2, 0.25) is 0 Å². The predicted octanol–water partition coefficient (Wildman–Crippen LogP) is 2.84. The van der Waals surface area contributed by atoms with Crippen molar-refractivity contribution in [2.75, 3.05) is 30.5 Å². The third kappa shape index (κ3) is 4.29. The molecular formula is C19H20N2O4. The number of amides is 2. The van der Waals surface area contributed by atoms with Gasteiger partial charge in [0.05, 0.1) is 12.3 Å². The maximum absolute atomic E-state index is 12.0. The van der Waals surface area contributed by atoms with E-state index in [1.165, 1.54) is 0 Å². The van der Waals surface area contributed by atoms with Crippen LogP contribution in [0.3, 0.4) is 0 Å². The lowest BCUT2D eigenvalue weighted by molar-refractivity contribution is -0.121. The number of hydrogen-bond donors (Lipinski definition) is 1. The van der Waals surface area contributed by atoms with Crippen molar-refractivity contribution < 1.29 is 19.1 Å². The van der Waals surface area contributed by atoms with Crippen LogP contribution in [0.15, 0.2) is 48.5 Å². The number of rotatable bonds is 6. The fourth-order valence-corrected chi connectivity index (χ4v) is 2.52. The topological polar surface area (TPSA) is 67.9 Å². The first-order valence-electron chi connectivity index (χ1n) is 8.14. The minimum atomic E-state index is -0.0947. The van der Waals surface area contributed by atoms with Crippen LogP contribution in [0, 0.1) is 0 Å². The largest absolute Gasteiger partial charge is 0.494 e. The molecule has 0 saturated heterocycles. The van der Waals surface area contributed by atoms with E-state index in [0.717, 1.165) is 5.75 Å². The number of likely N-dealkylation sites (N-methyl/N-ethyl adjacent to an activating group) is 1. The first-order valence-corrected chi connectivity index (χ1v) is 8.14. The molecule has 1 aliphatic heterocycles. The molecule has 2 amide bonds. The van der Waals surface area contributed by atoms with Gasteiger partial charge in [0.25, 0.3) is 5.91 Å². The van der Waals surface area contributed by atoms with Crippen molar-refractivity contribution in [2.45, 2.75) is 12.8 Å². The molecule has 0 bridgehead atoms. The molecule has 6 heteroatoms. The molecule has 0 aromatic heterocycles. The SMILES string of the molecule is CN1C(=O)COc2cc(NC(=O)CCCOc3ccccc3)ccc21. The Morgan fingerprint density at radius 1 is 1.24 bits per heavy atom. The predicted molar refractivity (Wildman–Crippen MR) is 95.1 cm³/mol. The van der Waals surface area contributed by atoms with Crippen LogP contribution in [0.5, 0.6) is 11.5 Å². The first-order chi connectivity index (χ1) is 12.1. The molecule has 25 heavy (non-hydrogen) atoms. The minimum absolute atomic E-state index is 0.0116. The van der Waals surface area contributed by atoms with Gasteiger partial charge in [0.1, 0.15) is 11.5 Å². The molecule has 0 saturated carbocycles. The Morgan fingerprint density at radius 3 is 2.84 bits per heavy atom. The Balaban J connectivity index is 1.47. The number of fused-ring (bicyclic) bond motifs is 1. The summed E-state index contributed by atoms with van der Waals surface area (Å²) in [7, 11) is 1.70. The van der Waals surface area contributed by atoms with Crippen LogP contribution in [-0.2, 0) is 9.59 Å². The van der Waals surface area contributed by atoms with Crippen molar-refractivity contribution in [3.8, 4) is 11.5 Å². The monoisotopic (exact) mass is 340 g/mol. The van der Waals surface area contributed by atoms with Crippen molar-refractivity contribution in [1.82, 2.24) is 0 Å². The number of hydrogen-bond acceptors (Lipinski definition) is 4. The third-order valence-corrected chi connectivity index (χ3v) is 3.89. The highest BCUT2D eigenvalue weighted by Gasteiger charge is 2.22. The highest BCUT2D eigenvalue weighted by Crippen LogP contribution is 2.33. The average Bonchev–Trinajstić information content (AvgIpc) is 2.63. The fraction of sp³-hybridized carbons (Fsp3) is 0.263. The van der Waals surface area contributed by atoms with E-state index in [1.807, 2.05) is 30.3 Å². The Kier molecular flexibility index (Phi) is 5.18. The van der Waals surface area contributed by atoms with Gasteiger partial charge < -0.3 is 19.7 Å². The van der Waals surface area contributed by atoms with Crippen LogP contribution in [0.25, 0.3) is 0 Å². The van der Waals surface area contributed by atoms with E-state index in [0.29, 0.717) is 36.6 Å². The van der Waals surface area contributed by atoms with Gasteiger partial charge in [0, 0.05) is 25.2 Å². The molecule has 0 fully saturated rings. The summed E-state index contributed by atoms with van der Waals surface area (Å²) < 4.78 is 11.0. The Hall–Kier alpha value is -3.02. The lowest BCUT2D eigenvalue weighted by Gasteiger charge is -2.26. The summed E-state index contributed by atoms with van der Waals surface area (Å²) in [5, 5.41) is 2.84. The van der Waals surface area contributed by atoms with E-state index in [9.17, 15) is 9.59 Å². The second-order valence-corrected chi connectivity index (χ2v) is 5.74. The normalized spacial score (nSPS) is 13.0. The second kappa shape index (κ2) is 7.70. The molecule has 3 rings (SSSR count). The molecule has 2 aromatic carbocycles. The van der Waals surface area contributed by atoms with Crippen LogP contribution in [0.1, 0.15) is 12.8 Å². The molecule has 0 unspecified atom stereocenters. The molecule has 130 valence electrons. The van der Waals surface area contributed by atoms with Gasteiger partial charge in [-0.15, -0.1) is 0 Å². The Bertz CT molecular complexity index is 761. The Morgan fingerprint density at radius 2 is 2.04 bits per heavy atom. The van der Waals surface area contributed by atoms with E-state index >= 15 is 0 Å². The summed E-state index contributed by atoms with van der Waals surface area (Å²) in [4.78, 5) is 25.2. The maximum atomic E-state index is 12.0. The van der Waals surface area contributed by atoms with Crippen molar-refractivity contribution in [2.24, 2.45) is 0 Å². The van der Waals surface area contributed by atoms with Crippen molar-refractivity contribution in [3.05, 3.63) is 48.5 Å². The van der Waals surface area contributed by atoms with Crippen LogP contribution in [-0.4, -0.2) is 32.1 Å². The summed E-state index contributed by atoms with van der Waals surface area (Å²) in [5.74, 6) is 1.21. The van der Waals surface area contributed by atoms with Gasteiger partial charge >= 0.3 is 0 Å². The van der Waals surface area contributed by atoms with E-state index in [2.05, 4.69) is 5.32 Å². The molecule has 1 heterocycles. The first kappa shape index (κ1) is 16.8. The maximum Gasteiger partial charge on any atom is 0.264 e. The number of nitrogens with zero attached hydrogens (tertiary/aromatic N) is 1. The smallest absolute Gasteiger partial charge is 0.264 e. The average molecular weight is 340 g/mol. The molecule has 6 nitrogen and oxygen atoms in total. The summed E-state index contributed by atoms with van der Waals surface area (Å²) in [6.07, 6.45) is 0.989. The summed E-state index contributed by atoms with van der Waals surface area (Å²) in [6, 6.07) is 14.8. The molecular weight excluding hydrogens is 320 g/mol. The molecule has 0 aliphatic carbocycles. The lowest BCUT2D eigenvalue weighted by atomic mass is 10.2. The van der Waals surface area contributed by atoms with Crippen molar-refractivity contribution in [3.63, 3.8) is 0 Å². The lowest BCUT2D eigenvalue weighted by Crippen LogP contribution is -2.35. The van der Waals surface area contributed by atoms with Gasteiger partial charge in [-0.3, -0.25) is 9.59 Å². The molecule has 1 aliphatic rings. The standard InChI is InChI=1S/C19H20N2O4/c1-21-16-10-9-14(12-17(16)25-13-19(21)23)20-18(22)8-5-11-24-15-6-3-2-4-7-15/h2-4,6-7,9-10,12H,5,8,11,13H2,1H3,(H,20,22). The van der Waals surface area contributed by atoms with Gasteiger partial charge in [-0.1, -0.05) is 18.2 Å². The Labute approximate surface area is 146 Å². The van der Waals surface area contributed by atoms with E-state index in [-0.39, 0.29) is 18.4 Å². The number of carbonyl (C=O) groups excluding carboxylic acids is 2. The number of carbonyl (C=O) groups is 2. The molecule has 0 radical (unpaired) electrons. The molecule has 1 N–H and O–H groups in total. The van der Waals surface area contributed by atoms with Crippen LogP contribution in [0.4, 0.5) is 11.4 Å². The van der Waals surface area contributed by atoms with Gasteiger partial charge in [0.15, 0.2) is 6.61 Å². The van der Waals surface area contributed by atoms with E-state index < -0.39 is 0 Å². The highest BCUT2D eigenvalue weighted by atomic mass is 16.5. The van der Waals surface area contributed by atoms with Gasteiger partial charge in [-0.25, -0.2) is 0 Å². The van der Waals surface area contributed by atoms with Crippen LogP contribution < -0.4 is 19.7 Å². The van der Waals surface area contributed by atoms with Gasteiger partial charge in [-0.2, -0.15) is 0 Å². The van der Waals surface area contributed by atoms with Gasteiger partial charge in [0.2, 0.25) is 5.91 Å². The quantitative estimate of drug-likeness (QED) is 0.821. The number of ether oxygens (including phenoxy) is 2. The van der Waals surface area contributed by atoms with Crippen molar-refractivity contribution >= 4 is 23.2 Å². The molecule has 0 atom stereocenters. The summed E-state index contributed by atoms with van der Waals surface area (Å²) >= 11 is 0. The fourth-order valence-electron chi connectivity index (χ4n) is 2.52. The second-order valence-electron chi connectivity index (χ2n) is 5.74. The summed E-state index contributed by atoms with van der Waals surface area (Å²) in [5.41, 5.74) is 1.35. The number of anilines is 2. The molecule has 0 spiro atoms. The van der Waals surface area contributed by atoms with Crippen LogP contribution >= 0.6 is 0 Å².